The molecule has 0 atom stereocenters. The monoisotopic (exact) mass is 450 g/mol. The smallest absolute Gasteiger partial charge is 0.346 e. The van der Waals surface area contributed by atoms with Crippen LogP contribution in [-0.4, -0.2) is 16.0 Å². The first-order valence-electron chi connectivity index (χ1n) is 10.6. The molecule has 0 N–H and O–H groups in total. The molecular weight excluding hydrogens is 423 g/mol. The van der Waals surface area contributed by atoms with E-state index in [0.29, 0.717) is 31.1 Å². The number of rotatable bonds is 9. The molecule has 172 valence electrons. The molecule has 7 heteroatoms. The molecule has 0 aliphatic heterocycles. The quantitative estimate of drug-likeness (QED) is 0.323. The van der Waals surface area contributed by atoms with Crippen LogP contribution in [0.2, 0.25) is 0 Å². The second-order valence-corrected chi connectivity index (χ2v) is 8.46. The van der Waals surface area contributed by atoms with Crippen LogP contribution in [-0.2, 0) is 25.8 Å². The maximum Gasteiger partial charge on any atom is 0.416 e. The maximum absolute atomic E-state index is 13.7. The van der Waals surface area contributed by atoms with Crippen LogP contribution in [0.5, 0.6) is 0 Å². The van der Waals surface area contributed by atoms with Crippen LogP contribution < -0.4 is 0 Å². The van der Waals surface area contributed by atoms with Crippen molar-refractivity contribution in [1.82, 2.24) is 9.47 Å². The summed E-state index contributed by atoms with van der Waals surface area (Å²) in [6, 6.07) is 13.0. The summed E-state index contributed by atoms with van der Waals surface area (Å²) in [5.74, 6) is -1.24. The normalized spacial score (nSPS) is 12.2. The van der Waals surface area contributed by atoms with E-state index in [9.17, 15) is 22.0 Å². The summed E-state index contributed by atoms with van der Waals surface area (Å²) in [6.07, 6.45) is -1.51. The Bertz CT molecular complexity index is 1010. The van der Waals surface area contributed by atoms with Crippen molar-refractivity contribution in [2.24, 2.45) is 5.92 Å². The van der Waals surface area contributed by atoms with E-state index in [4.69, 9.17) is 0 Å². The van der Waals surface area contributed by atoms with Crippen molar-refractivity contribution in [3.63, 3.8) is 0 Å². The highest BCUT2D eigenvalue weighted by Crippen LogP contribution is 2.29. The third kappa shape index (κ3) is 6.66. The molecule has 0 spiro atoms. The molecule has 0 radical (unpaired) electrons. The minimum Gasteiger partial charge on any atom is -0.346 e. The summed E-state index contributed by atoms with van der Waals surface area (Å²) >= 11 is 0. The van der Waals surface area contributed by atoms with Crippen LogP contribution in [0.3, 0.4) is 0 Å². The number of benzene rings is 2. The van der Waals surface area contributed by atoms with Gasteiger partial charge in [-0.1, -0.05) is 32.0 Å². The summed E-state index contributed by atoms with van der Waals surface area (Å²) in [6.45, 7) is 6.53. The Balaban J connectivity index is 1.74. The Hall–Kier alpha value is -2.67. The maximum atomic E-state index is 13.7. The minimum atomic E-state index is -4.35. The number of alkyl halides is 3. The number of aromatic nitrogens is 1. The van der Waals surface area contributed by atoms with Crippen LogP contribution in [0.4, 0.5) is 22.0 Å². The van der Waals surface area contributed by atoms with Crippen LogP contribution in [0.1, 0.15) is 42.7 Å². The van der Waals surface area contributed by atoms with E-state index in [-0.39, 0.29) is 0 Å². The number of hydrogen-bond donors (Lipinski definition) is 0. The van der Waals surface area contributed by atoms with Crippen LogP contribution in [0, 0.1) is 17.6 Å². The van der Waals surface area contributed by atoms with Crippen molar-refractivity contribution in [3.05, 3.63) is 94.8 Å². The zero-order valence-electron chi connectivity index (χ0n) is 18.2. The van der Waals surface area contributed by atoms with Crippen molar-refractivity contribution in [2.75, 3.05) is 6.54 Å². The van der Waals surface area contributed by atoms with Crippen molar-refractivity contribution in [2.45, 2.75) is 46.1 Å². The summed E-state index contributed by atoms with van der Waals surface area (Å²) in [7, 11) is 0. The van der Waals surface area contributed by atoms with Gasteiger partial charge in [-0.2, -0.15) is 13.2 Å². The fourth-order valence-electron chi connectivity index (χ4n) is 3.52. The molecule has 0 saturated heterocycles. The molecule has 3 aromatic rings. The standard InChI is InChI=1S/C25H27F5N2/c1-18(2)11-13-31(15-20-7-10-23(26)24(27)14-20)17-22-4-3-12-32(22)16-19-5-8-21(9-6-19)25(28,29)30/h3-10,12,14,18H,11,13,15-17H2,1-2H3. The average molecular weight is 450 g/mol. The van der Waals surface area contributed by atoms with Crippen molar-refractivity contribution >= 4 is 0 Å². The average Bonchev–Trinajstić information content (AvgIpc) is 3.15. The van der Waals surface area contributed by atoms with Gasteiger partial charge in [0.25, 0.3) is 0 Å². The molecule has 0 bridgehead atoms. The van der Waals surface area contributed by atoms with Crippen LogP contribution in [0.25, 0.3) is 0 Å². The highest BCUT2D eigenvalue weighted by molar-refractivity contribution is 5.25. The molecule has 0 unspecified atom stereocenters. The van der Waals surface area contributed by atoms with Crippen molar-refractivity contribution < 1.29 is 22.0 Å². The molecule has 0 aliphatic rings. The second kappa shape index (κ2) is 10.3. The summed E-state index contributed by atoms with van der Waals surface area (Å²) < 4.78 is 67.4. The Morgan fingerprint density at radius 3 is 2.19 bits per heavy atom. The van der Waals surface area contributed by atoms with E-state index in [1.54, 1.807) is 6.07 Å². The van der Waals surface area contributed by atoms with Gasteiger partial charge in [0, 0.05) is 31.5 Å². The highest BCUT2D eigenvalue weighted by atomic mass is 19.4. The topological polar surface area (TPSA) is 8.17 Å². The number of halogens is 5. The van der Waals surface area contributed by atoms with Gasteiger partial charge in [0.2, 0.25) is 0 Å². The molecule has 0 fully saturated rings. The van der Waals surface area contributed by atoms with Gasteiger partial charge in [0.1, 0.15) is 0 Å². The van der Waals surface area contributed by atoms with Gasteiger partial charge in [-0.15, -0.1) is 0 Å². The molecular formula is C25H27F5N2. The zero-order valence-corrected chi connectivity index (χ0v) is 18.2. The van der Waals surface area contributed by atoms with Gasteiger partial charge in [-0.25, -0.2) is 8.78 Å². The first-order valence-corrected chi connectivity index (χ1v) is 10.6. The van der Waals surface area contributed by atoms with Crippen LogP contribution in [0.15, 0.2) is 60.8 Å². The van der Waals surface area contributed by atoms with Gasteiger partial charge < -0.3 is 4.57 Å². The van der Waals surface area contributed by atoms with Gasteiger partial charge >= 0.3 is 6.18 Å². The summed E-state index contributed by atoms with van der Waals surface area (Å²) in [5, 5.41) is 0. The van der Waals surface area contributed by atoms with Gasteiger partial charge in [0.05, 0.1) is 5.56 Å². The Morgan fingerprint density at radius 2 is 1.56 bits per heavy atom. The van der Waals surface area contributed by atoms with Crippen LogP contribution >= 0.6 is 0 Å². The minimum absolute atomic E-state index is 0.448. The predicted octanol–water partition coefficient (Wildman–Crippen LogP) is 6.88. The van der Waals surface area contributed by atoms with Crippen molar-refractivity contribution in [1.29, 1.82) is 0 Å². The Morgan fingerprint density at radius 1 is 0.875 bits per heavy atom. The lowest BCUT2D eigenvalue weighted by atomic mass is 10.1. The molecule has 1 heterocycles. The lowest BCUT2D eigenvalue weighted by Crippen LogP contribution is -2.26. The first-order chi connectivity index (χ1) is 15.1. The zero-order chi connectivity index (χ0) is 23.3. The van der Waals surface area contributed by atoms with Gasteiger partial charge in [0.15, 0.2) is 11.6 Å². The molecule has 2 nitrogen and oxygen atoms in total. The molecule has 32 heavy (non-hydrogen) atoms. The van der Waals surface area contributed by atoms with Gasteiger partial charge in [-0.3, -0.25) is 4.90 Å². The third-order valence-electron chi connectivity index (χ3n) is 5.36. The number of hydrogen-bond acceptors (Lipinski definition) is 1. The molecule has 3 rings (SSSR count). The number of nitrogens with zero attached hydrogens (tertiary/aromatic N) is 2. The van der Waals surface area contributed by atoms with E-state index >= 15 is 0 Å². The highest BCUT2D eigenvalue weighted by Gasteiger charge is 2.29. The summed E-state index contributed by atoms with van der Waals surface area (Å²) in [4.78, 5) is 2.17. The fraction of sp³-hybridized carbons (Fsp3) is 0.360. The molecule has 2 aromatic carbocycles. The first kappa shape index (κ1) is 24.0. The molecule has 0 aliphatic carbocycles. The predicted molar refractivity (Wildman–Crippen MR) is 115 cm³/mol. The fourth-order valence-corrected chi connectivity index (χ4v) is 3.52. The molecule has 0 saturated carbocycles. The largest absolute Gasteiger partial charge is 0.416 e. The van der Waals surface area contributed by atoms with Crippen molar-refractivity contribution in [3.8, 4) is 0 Å². The molecule has 1 aromatic heterocycles. The Labute approximate surface area is 185 Å². The van der Waals surface area contributed by atoms with E-state index < -0.39 is 23.4 Å². The lowest BCUT2D eigenvalue weighted by Gasteiger charge is -2.24. The van der Waals surface area contributed by atoms with Gasteiger partial charge in [-0.05, 0) is 66.4 Å². The van der Waals surface area contributed by atoms with E-state index in [1.165, 1.54) is 18.2 Å². The van der Waals surface area contributed by atoms with E-state index in [0.717, 1.165) is 42.4 Å². The Kier molecular flexibility index (Phi) is 7.72. The lowest BCUT2D eigenvalue weighted by molar-refractivity contribution is -0.137. The summed E-state index contributed by atoms with van der Waals surface area (Å²) in [5.41, 5.74) is 1.79. The van der Waals surface area contributed by atoms with E-state index in [1.807, 2.05) is 22.9 Å². The SMILES string of the molecule is CC(C)CCN(Cc1ccc(F)c(F)c1)Cc1cccn1Cc1ccc(C(F)(F)F)cc1. The van der Waals surface area contributed by atoms with E-state index in [2.05, 4.69) is 18.7 Å². The second-order valence-electron chi connectivity index (χ2n) is 8.46. The molecule has 0 amide bonds. The third-order valence-corrected chi connectivity index (χ3v) is 5.36.